The quantitative estimate of drug-likeness (QED) is 0.681. The van der Waals surface area contributed by atoms with Gasteiger partial charge in [0.2, 0.25) is 0 Å². The average Bonchev–Trinajstić information content (AvgIpc) is 2.72. The average molecular weight is 244 g/mol. The van der Waals surface area contributed by atoms with E-state index in [1.165, 1.54) is 0 Å². The highest BCUT2D eigenvalue weighted by molar-refractivity contribution is 7.09. The van der Waals surface area contributed by atoms with Crippen molar-refractivity contribution in [2.45, 2.75) is 39.0 Å². The first-order valence-electron chi connectivity index (χ1n) is 5.57. The summed E-state index contributed by atoms with van der Waals surface area (Å²) in [5, 5.41) is 15.7. The molecule has 0 bridgehead atoms. The number of nitrogens with one attached hydrogen (secondary N) is 1. The fourth-order valence-corrected chi connectivity index (χ4v) is 2.07. The molecular weight excluding hydrogens is 224 g/mol. The van der Waals surface area contributed by atoms with Crippen molar-refractivity contribution in [3.63, 3.8) is 0 Å². The second kappa shape index (κ2) is 7.73. The van der Waals surface area contributed by atoms with Crippen molar-refractivity contribution in [2.24, 2.45) is 0 Å². The minimum atomic E-state index is -0.188. The highest BCUT2D eigenvalue weighted by atomic mass is 32.1. The van der Waals surface area contributed by atoms with Crippen LogP contribution in [-0.4, -0.2) is 29.8 Å². The largest absolute Gasteiger partial charge is 0.393 e. The molecule has 4 nitrogen and oxygen atoms in total. The highest BCUT2D eigenvalue weighted by Gasteiger charge is 2.02. The number of rotatable bonds is 8. The summed E-state index contributed by atoms with van der Waals surface area (Å²) in [7, 11) is 1.67. The molecule has 1 aromatic rings. The number of aliphatic hydroxyl groups excluding tert-OH is 1. The van der Waals surface area contributed by atoms with E-state index in [4.69, 9.17) is 4.74 Å². The van der Waals surface area contributed by atoms with Gasteiger partial charge < -0.3 is 15.2 Å². The molecule has 0 fully saturated rings. The number of hydrogen-bond donors (Lipinski definition) is 2. The van der Waals surface area contributed by atoms with Crippen molar-refractivity contribution < 1.29 is 9.84 Å². The molecule has 16 heavy (non-hydrogen) atoms. The molecule has 1 aromatic heterocycles. The third-order valence-corrected chi connectivity index (χ3v) is 3.17. The first-order valence-corrected chi connectivity index (χ1v) is 6.45. The van der Waals surface area contributed by atoms with Gasteiger partial charge in [-0.3, -0.25) is 0 Å². The van der Waals surface area contributed by atoms with Gasteiger partial charge in [-0.15, -0.1) is 11.3 Å². The van der Waals surface area contributed by atoms with Gasteiger partial charge in [-0.05, 0) is 19.4 Å². The summed E-state index contributed by atoms with van der Waals surface area (Å²) >= 11 is 1.62. The van der Waals surface area contributed by atoms with Gasteiger partial charge >= 0.3 is 0 Å². The van der Waals surface area contributed by atoms with E-state index in [2.05, 4.69) is 10.3 Å². The monoisotopic (exact) mass is 244 g/mol. The van der Waals surface area contributed by atoms with E-state index in [9.17, 15) is 5.11 Å². The molecule has 0 aliphatic heterocycles. The maximum atomic E-state index is 9.36. The smallest absolute Gasteiger partial charge is 0.119 e. The van der Waals surface area contributed by atoms with E-state index >= 15 is 0 Å². The minimum Gasteiger partial charge on any atom is -0.393 e. The molecule has 0 radical (unpaired) electrons. The Bertz CT molecular complexity index is 291. The molecule has 92 valence electrons. The third kappa shape index (κ3) is 5.03. The molecule has 1 unspecified atom stereocenters. The number of ether oxygens (including phenoxy) is 1. The maximum Gasteiger partial charge on any atom is 0.119 e. The van der Waals surface area contributed by atoms with Crippen molar-refractivity contribution in [1.82, 2.24) is 10.3 Å². The summed E-state index contributed by atoms with van der Waals surface area (Å²) in [6.07, 6.45) is 1.43. The zero-order chi connectivity index (χ0) is 11.8. The number of methoxy groups -OCH3 is 1. The van der Waals surface area contributed by atoms with Gasteiger partial charge in [0.15, 0.2) is 0 Å². The Morgan fingerprint density at radius 1 is 1.62 bits per heavy atom. The number of hydrogen-bond acceptors (Lipinski definition) is 5. The zero-order valence-corrected chi connectivity index (χ0v) is 10.7. The predicted molar refractivity (Wildman–Crippen MR) is 65.4 cm³/mol. The number of aromatic nitrogens is 1. The summed E-state index contributed by atoms with van der Waals surface area (Å²) in [6.45, 7) is 4.16. The van der Waals surface area contributed by atoms with Crippen LogP contribution in [0.2, 0.25) is 0 Å². The van der Waals surface area contributed by atoms with E-state index in [-0.39, 0.29) is 6.10 Å². The third-order valence-electron chi connectivity index (χ3n) is 2.30. The van der Waals surface area contributed by atoms with Gasteiger partial charge in [-0.2, -0.15) is 0 Å². The van der Waals surface area contributed by atoms with Crippen LogP contribution in [0.15, 0.2) is 5.38 Å². The summed E-state index contributed by atoms with van der Waals surface area (Å²) in [5.41, 5.74) is 1.04. The van der Waals surface area contributed by atoms with Gasteiger partial charge in [-0.1, -0.05) is 6.92 Å². The molecule has 1 rings (SSSR count). The Morgan fingerprint density at radius 3 is 3.12 bits per heavy atom. The van der Waals surface area contributed by atoms with Crippen LogP contribution in [0.1, 0.15) is 30.5 Å². The SMILES string of the molecule is CCC(O)CCNCc1csc(COC)n1. The first-order chi connectivity index (χ1) is 7.76. The second-order valence-electron chi connectivity index (χ2n) is 3.69. The lowest BCUT2D eigenvalue weighted by Gasteiger charge is -2.07. The van der Waals surface area contributed by atoms with E-state index in [1.807, 2.05) is 12.3 Å². The summed E-state index contributed by atoms with van der Waals surface area (Å²) in [5.74, 6) is 0. The van der Waals surface area contributed by atoms with Crippen molar-refractivity contribution >= 4 is 11.3 Å². The standard InChI is InChI=1S/C11H20N2O2S/c1-3-10(14)4-5-12-6-9-8-16-11(13-9)7-15-2/h8,10,12,14H,3-7H2,1-2H3. The molecule has 1 heterocycles. The Hall–Kier alpha value is -0.490. The first kappa shape index (κ1) is 13.6. The van der Waals surface area contributed by atoms with Crippen LogP contribution in [0.25, 0.3) is 0 Å². The Balaban J connectivity index is 2.16. The van der Waals surface area contributed by atoms with Crippen LogP contribution in [0.3, 0.4) is 0 Å². The number of thiazole rings is 1. The minimum absolute atomic E-state index is 0.188. The van der Waals surface area contributed by atoms with Crippen LogP contribution in [0.5, 0.6) is 0 Å². The lowest BCUT2D eigenvalue weighted by atomic mass is 10.2. The van der Waals surface area contributed by atoms with E-state index in [0.717, 1.165) is 36.6 Å². The summed E-state index contributed by atoms with van der Waals surface area (Å²) < 4.78 is 5.01. The number of aliphatic hydroxyl groups is 1. The molecule has 1 atom stereocenters. The second-order valence-corrected chi connectivity index (χ2v) is 4.64. The topological polar surface area (TPSA) is 54.4 Å². The van der Waals surface area contributed by atoms with E-state index in [1.54, 1.807) is 18.4 Å². The molecule has 0 saturated heterocycles. The predicted octanol–water partition coefficient (Wildman–Crippen LogP) is 1.54. The maximum absolute atomic E-state index is 9.36. The van der Waals surface area contributed by atoms with Crippen LogP contribution in [0, 0.1) is 0 Å². The Labute approximate surface area is 101 Å². The highest BCUT2D eigenvalue weighted by Crippen LogP contribution is 2.10. The lowest BCUT2D eigenvalue weighted by molar-refractivity contribution is 0.159. The summed E-state index contributed by atoms with van der Waals surface area (Å²) in [6, 6.07) is 0. The van der Waals surface area contributed by atoms with Gasteiger partial charge in [0.1, 0.15) is 5.01 Å². The van der Waals surface area contributed by atoms with Crippen molar-refractivity contribution in [3.8, 4) is 0 Å². The zero-order valence-electron chi connectivity index (χ0n) is 9.90. The molecule has 0 amide bonds. The molecule has 0 aliphatic rings. The van der Waals surface area contributed by atoms with Crippen molar-refractivity contribution in [2.75, 3.05) is 13.7 Å². The van der Waals surface area contributed by atoms with Crippen molar-refractivity contribution in [3.05, 3.63) is 16.1 Å². The summed E-state index contributed by atoms with van der Waals surface area (Å²) in [4.78, 5) is 4.41. The molecule has 0 saturated carbocycles. The molecule has 2 N–H and O–H groups in total. The fourth-order valence-electron chi connectivity index (χ4n) is 1.31. The molecule has 0 spiro atoms. The Morgan fingerprint density at radius 2 is 2.44 bits per heavy atom. The molecule has 0 aliphatic carbocycles. The van der Waals surface area contributed by atoms with Gasteiger partial charge in [0, 0.05) is 19.0 Å². The molecular formula is C11H20N2O2S. The van der Waals surface area contributed by atoms with Crippen molar-refractivity contribution in [1.29, 1.82) is 0 Å². The van der Waals surface area contributed by atoms with Crippen LogP contribution >= 0.6 is 11.3 Å². The fraction of sp³-hybridized carbons (Fsp3) is 0.727. The van der Waals surface area contributed by atoms with Gasteiger partial charge in [0.25, 0.3) is 0 Å². The lowest BCUT2D eigenvalue weighted by Crippen LogP contribution is -2.19. The van der Waals surface area contributed by atoms with Crippen LogP contribution < -0.4 is 5.32 Å². The van der Waals surface area contributed by atoms with Gasteiger partial charge in [-0.25, -0.2) is 4.98 Å². The molecule has 5 heteroatoms. The van der Waals surface area contributed by atoms with Crippen LogP contribution in [0.4, 0.5) is 0 Å². The number of nitrogens with zero attached hydrogens (tertiary/aromatic N) is 1. The normalized spacial score (nSPS) is 12.9. The van der Waals surface area contributed by atoms with Crippen LogP contribution in [-0.2, 0) is 17.9 Å². The van der Waals surface area contributed by atoms with E-state index < -0.39 is 0 Å². The molecule has 0 aromatic carbocycles. The Kier molecular flexibility index (Phi) is 6.56. The van der Waals surface area contributed by atoms with Gasteiger partial charge in [0.05, 0.1) is 18.4 Å². The van der Waals surface area contributed by atoms with E-state index in [0.29, 0.717) is 6.61 Å².